The van der Waals surface area contributed by atoms with E-state index in [4.69, 9.17) is 9.26 Å². The molecule has 0 aliphatic rings. The van der Waals surface area contributed by atoms with Crippen LogP contribution in [-0.4, -0.2) is 33.4 Å². The van der Waals surface area contributed by atoms with Crippen LogP contribution in [0.3, 0.4) is 0 Å². The van der Waals surface area contributed by atoms with Crippen LogP contribution in [0.25, 0.3) is 22.4 Å². The average Bonchev–Trinajstić information content (AvgIpc) is 3.22. The van der Waals surface area contributed by atoms with Gasteiger partial charge in [0.15, 0.2) is 11.0 Å². The summed E-state index contributed by atoms with van der Waals surface area (Å²) in [4.78, 5) is 22.2. The highest BCUT2D eigenvalue weighted by Crippen LogP contribution is 2.24. The molecule has 9 heteroatoms. The monoisotopic (exact) mass is 486 g/mol. The number of methoxy groups -OCH3 is 1. The predicted molar refractivity (Wildman–Crippen MR) is 120 cm³/mol. The minimum Gasteiger partial charge on any atom is -0.383 e. The molecule has 0 amide bonds. The van der Waals surface area contributed by atoms with E-state index in [1.54, 1.807) is 17.7 Å². The maximum Gasteiger partial charge on any atom is 0.262 e. The molecule has 0 bridgehead atoms. The molecule has 7 nitrogen and oxygen atoms in total. The van der Waals surface area contributed by atoms with E-state index in [-0.39, 0.29) is 5.56 Å². The number of aromatic nitrogens is 4. The maximum atomic E-state index is 13.0. The predicted octanol–water partition coefficient (Wildman–Crippen LogP) is 4.46. The zero-order chi connectivity index (χ0) is 21.1. The Morgan fingerprint density at radius 1 is 1.17 bits per heavy atom. The highest BCUT2D eigenvalue weighted by atomic mass is 79.9. The minimum atomic E-state index is -0.102. The number of hydrogen-bond acceptors (Lipinski definition) is 7. The van der Waals surface area contributed by atoms with Crippen LogP contribution >= 0.6 is 27.7 Å². The first kappa shape index (κ1) is 20.8. The van der Waals surface area contributed by atoms with Gasteiger partial charge in [0.2, 0.25) is 0 Å². The van der Waals surface area contributed by atoms with Gasteiger partial charge in [-0.25, -0.2) is 4.98 Å². The molecule has 0 fully saturated rings. The summed E-state index contributed by atoms with van der Waals surface area (Å²) >= 11 is 4.81. The van der Waals surface area contributed by atoms with Gasteiger partial charge >= 0.3 is 0 Å². The van der Waals surface area contributed by atoms with Gasteiger partial charge in [-0.2, -0.15) is 4.98 Å². The number of thioether (sulfide) groups is 1. The third kappa shape index (κ3) is 4.48. The van der Waals surface area contributed by atoms with Gasteiger partial charge in [0.25, 0.3) is 11.4 Å². The summed E-state index contributed by atoms with van der Waals surface area (Å²) in [5.74, 6) is 1.44. The summed E-state index contributed by atoms with van der Waals surface area (Å²) in [6.45, 7) is 2.85. The summed E-state index contributed by atoms with van der Waals surface area (Å²) in [5.41, 5.74) is 2.58. The first-order valence-electron chi connectivity index (χ1n) is 9.26. The molecule has 30 heavy (non-hydrogen) atoms. The van der Waals surface area contributed by atoms with E-state index in [9.17, 15) is 4.79 Å². The smallest absolute Gasteiger partial charge is 0.262 e. The molecule has 154 valence electrons. The number of halogens is 1. The topological polar surface area (TPSA) is 83.0 Å². The van der Waals surface area contributed by atoms with Crippen molar-refractivity contribution in [3.05, 3.63) is 68.7 Å². The Labute approximate surface area is 185 Å². The van der Waals surface area contributed by atoms with Crippen molar-refractivity contribution in [3.63, 3.8) is 0 Å². The molecular formula is C21H19BrN4O3S. The largest absolute Gasteiger partial charge is 0.383 e. The van der Waals surface area contributed by atoms with Gasteiger partial charge in [-0.1, -0.05) is 50.5 Å². The molecule has 2 heterocycles. The molecule has 0 atom stereocenters. The lowest BCUT2D eigenvalue weighted by molar-refractivity contribution is 0.183. The van der Waals surface area contributed by atoms with Crippen molar-refractivity contribution in [2.75, 3.05) is 13.7 Å². The third-order valence-electron chi connectivity index (χ3n) is 4.50. The minimum absolute atomic E-state index is 0.102. The van der Waals surface area contributed by atoms with E-state index in [2.05, 4.69) is 31.1 Å². The van der Waals surface area contributed by atoms with Crippen LogP contribution in [0.1, 0.15) is 11.4 Å². The fourth-order valence-electron chi connectivity index (χ4n) is 2.92. The lowest BCUT2D eigenvalue weighted by Gasteiger charge is -2.12. The number of aryl methyl sites for hydroxylation is 1. The van der Waals surface area contributed by atoms with Gasteiger partial charge in [-0.05, 0) is 37.3 Å². The number of fused-ring (bicyclic) bond motifs is 1. The number of ether oxygens (including phenoxy) is 1. The Morgan fingerprint density at radius 2 is 1.97 bits per heavy atom. The Kier molecular flexibility index (Phi) is 6.31. The Morgan fingerprint density at radius 3 is 2.73 bits per heavy atom. The van der Waals surface area contributed by atoms with Gasteiger partial charge in [-0.15, -0.1) is 0 Å². The molecule has 0 spiro atoms. The molecule has 0 aliphatic heterocycles. The Bertz CT molecular complexity index is 1240. The standard InChI is InChI=1S/C21H19BrN4O3S/c1-13-3-5-14(6-4-13)19-24-18(25-29-19)12-30-21-23-17-8-7-15(22)11-16(17)20(27)26(21)9-10-28-2/h3-8,11H,9-10,12H2,1-2H3. The lowest BCUT2D eigenvalue weighted by Crippen LogP contribution is -2.25. The molecule has 0 N–H and O–H groups in total. The molecular weight excluding hydrogens is 468 g/mol. The van der Waals surface area contributed by atoms with Crippen LogP contribution in [0, 0.1) is 6.92 Å². The number of benzene rings is 2. The van der Waals surface area contributed by atoms with Gasteiger partial charge in [0.1, 0.15) is 0 Å². The zero-order valence-corrected chi connectivity index (χ0v) is 18.9. The summed E-state index contributed by atoms with van der Waals surface area (Å²) in [5, 5.41) is 5.22. The van der Waals surface area contributed by atoms with Gasteiger partial charge in [-0.3, -0.25) is 9.36 Å². The van der Waals surface area contributed by atoms with Gasteiger partial charge in [0.05, 0.1) is 29.8 Å². The molecule has 0 saturated heterocycles. The number of nitrogens with zero attached hydrogens (tertiary/aromatic N) is 4. The van der Waals surface area contributed by atoms with Crippen molar-refractivity contribution in [2.45, 2.75) is 24.4 Å². The van der Waals surface area contributed by atoms with Crippen LogP contribution in [0.15, 0.2) is 61.4 Å². The molecule has 0 radical (unpaired) electrons. The zero-order valence-electron chi connectivity index (χ0n) is 16.5. The maximum absolute atomic E-state index is 13.0. The average molecular weight is 487 g/mol. The number of hydrogen-bond donors (Lipinski definition) is 0. The number of rotatable bonds is 7. The molecule has 4 rings (SSSR count). The van der Waals surface area contributed by atoms with Crippen molar-refractivity contribution in [1.29, 1.82) is 0 Å². The second-order valence-corrected chi connectivity index (χ2v) is 8.53. The SMILES string of the molecule is COCCn1c(SCc2noc(-c3ccc(C)cc3)n2)nc2ccc(Br)cc2c1=O. The highest BCUT2D eigenvalue weighted by molar-refractivity contribution is 9.10. The van der Waals surface area contributed by atoms with E-state index >= 15 is 0 Å². The van der Waals surface area contributed by atoms with Crippen molar-refractivity contribution in [1.82, 2.24) is 19.7 Å². The third-order valence-corrected chi connectivity index (χ3v) is 5.96. The van der Waals surface area contributed by atoms with Crippen molar-refractivity contribution in [3.8, 4) is 11.5 Å². The second kappa shape index (κ2) is 9.11. The summed E-state index contributed by atoms with van der Waals surface area (Å²) in [6, 6.07) is 13.4. The van der Waals surface area contributed by atoms with E-state index in [1.165, 1.54) is 11.8 Å². The van der Waals surface area contributed by atoms with Crippen LogP contribution in [-0.2, 0) is 17.0 Å². The van der Waals surface area contributed by atoms with Crippen LogP contribution in [0.2, 0.25) is 0 Å². The molecule has 2 aromatic heterocycles. The fraction of sp³-hybridized carbons (Fsp3) is 0.238. The first-order valence-corrected chi connectivity index (χ1v) is 11.0. The van der Waals surface area contributed by atoms with Crippen LogP contribution < -0.4 is 5.56 Å². The van der Waals surface area contributed by atoms with Gasteiger partial charge in [0, 0.05) is 17.1 Å². The van der Waals surface area contributed by atoms with Crippen molar-refractivity contribution < 1.29 is 9.26 Å². The summed E-state index contributed by atoms with van der Waals surface area (Å²) < 4.78 is 13.0. The van der Waals surface area contributed by atoms with E-state index in [0.29, 0.717) is 46.7 Å². The molecule has 0 saturated carbocycles. The van der Waals surface area contributed by atoms with Crippen LogP contribution in [0.4, 0.5) is 0 Å². The summed E-state index contributed by atoms with van der Waals surface area (Å²) in [7, 11) is 1.61. The van der Waals surface area contributed by atoms with Crippen molar-refractivity contribution >= 4 is 38.6 Å². The Hall–Kier alpha value is -2.49. The Balaban J connectivity index is 1.61. The second-order valence-electron chi connectivity index (χ2n) is 6.68. The molecule has 4 aromatic rings. The molecule has 0 unspecified atom stereocenters. The first-order chi connectivity index (χ1) is 14.5. The van der Waals surface area contributed by atoms with E-state index < -0.39 is 0 Å². The normalized spacial score (nSPS) is 11.3. The fourth-order valence-corrected chi connectivity index (χ4v) is 4.15. The lowest BCUT2D eigenvalue weighted by atomic mass is 10.1. The quantitative estimate of drug-likeness (QED) is 0.281. The summed E-state index contributed by atoms with van der Waals surface area (Å²) in [6.07, 6.45) is 0. The van der Waals surface area contributed by atoms with Crippen molar-refractivity contribution in [2.24, 2.45) is 0 Å². The van der Waals surface area contributed by atoms with E-state index in [1.807, 2.05) is 43.3 Å². The highest BCUT2D eigenvalue weighted by Gasteiger charge is 2.15. The van der Waals surface area contributed by atoms with Crippen LogP contribution in [0.5, 0.6) is 0 Å². The van der Waals surface area contributed by atoms with Gasteiger partial charge < -0.3 is 9.26 Å². The molecule has 0 aliphatic carbocycles. The molecule has 2 aromatic carbocycles. The van der Waals surface area contributed by atoms with E-state index in [0.717, 1.165) is 15.6 Å².